The summed E-state index contributed by atoms with van der Waals surface area (Å²) in [5.74, 6) is 0.673. The third-order valence-corrected chi connectivity index (χ3v) is 3.42. The van der Waals surface area contributed by atoms with E-state index in [9.17, 15) is 0 Å². The summed E-state index contributed by atoms with van der Waals surface area (Å²) in [6, 6.07) is 8.53. The van der Waals surface area contributed by atoms with Crippen molar-refractivity contribution in [3.63, 3.8) is 0 Å². The van der Waals surface area contributed by atoms with Crippen LogP contribution in [0.3, 0.4) is 0 Å². The van der Waals surface area contributed by atoms with Crippen LogP contribution in [0.25, 0.3) is 10.9 Å². The van der Waals surface area contributed by atoms with Crippen LogP contribution in [0.2, 0.25) is 0 Å². The van der Waals surface area contributed by atoms with Crippen LogP contribution in [0.5, 0.6) is 0 Å². The molecule has 0 aliphatic carbocycles. The highest BCUT2D eigenvalue weighted by molar-refractivity contribution is 5.81. The second kappa shape index (κ2) is 4.37. The highest BCUT2D eigenvalue weighted by Crippen LogP contribution is 2.17. The fraction of sp³-hybridized carbons (Fsp3) is 0.357. The maximum absolute atomic E-state index is 5.91. The van der Waals surface area contributed by atoms with E-state index in [1.54, 1.807) is 0 Å². The molecule has 0 bridgehead atoms. The van der Waals surface area contributed by atoms with E-state index < -0.39 is 0 Å². The van der Waals surface area contributed by atoms with Gasteiger partial charge >= 0.3 is 0 Å². The first-order valence-electron chi connectivity index (χ1n) is 6.35. The number of nitrogens with two attached hydrogens (primary N) is 1. The summed E-state index contributed by atoms with van der Waals surface area (Å²) in [6.07, 6.45) is 1.23. The molecule has 1 aliphatic heterocycles. The number of nitrogens with zero attached hydrogens (tertiary/aromatic N) is 2. The minimum atomic E-state index is 0.655. The molecule has 0 spiro atoms. The van der Waals surface area contributed by atoms with Crippen molar-refractivity contribution in [2.75, 3.05) is 13.1 Å². The molecule has 0 saturated carbocycles. The molecule has 2 heterocycles. The van der Waals surface area contributed by atoms with Crippen molar-refractivity contribution in [2.45, 2.75) is 19.9 Å². The lowest BCUT2D eigenvalue weighted by atomic mass is 10.1. The SMILES string of the molecule is Cc1cc2cc(CN=C(N)N3CCC3)ccc2[nH]1. The number of likely N-dealkylation sites (tertiary alicyclic amines) is 1. The first-order valence-corrected chi connectivity index (χ1v) is 6.35. The maximum atomic E-state index is 5.91. The van der Waals surface area contributed by atoms with Gasteiger partial charge in [-0.1, -0.05) is 6.07 Å². The molecular formula is C14H18N4. The Morgan fingerprint density at radius 2 is 2.22 bits per heavy atom. The smallest absolute Gasteiger partial charge is 0.191 e. The number of aromatic nitrogens is 1. The zero-order valence-electron chi connectivity index (χ0n) is 10.6. The molecule has 18 heavy (non-hydrogen) atoms. The van der Waals surface area contributed by atoms with Crippen LogP contribution in [0.4, 0.5) is 0 Å². The zero-order valence-corrected chi connectivity index (χ0v) is 10.6. The van der Waals surface area contributed by atoms with Crippen LogP contribution in [-0.2, 0) is 6.54 Å². The first-order chi connectivity index (χ1) is 8.72. The van der Waals surface area contributed by atoms with Crippen LogP contribution < -0.4 is 5.73 Å². The fourth-order valence-corrected chi connectivity index (χ4v) is 2.24. The standard InChI is InChI=1S/C14H18N4/c1-10-7-12-8-11(3-4-13(12)17-10)9-16-14(15)18-5-2-6-18/h3-4,7-8,17H,2,5-6,9H2,1H3,(H2,15,16). The number of rotatable bonds is 2. The van der Waals surface area contributed by atoms with Crippen molar-refractivity contribution < 1.29 is 0 Å². The Bertz CT molecular complexity index is 593. The summed E-state index contributed by atoms with van der Waals surface area (Å²) < 4.78 is 0. The van der Waals surface area contributed by atoms with Gasteiger partial charge in [0.25, 0.3) is 0 Å². The number of hydrogen-bond acceptors (Lipinski definition) is 1. The predicted octanol–water partition coefficient (Wildman–Crippen LogP) is 2.00. The van der Waals surface area contributed by atoms with Gasteiger partial charge in [0, 0.05) is 24.3 Å². The molecule has 0 radical (unpaired) electrons. The summed E-state index contributed by atoms with van der Waals surface area (Å²) >= 11 is 0. The van der Waals surface area contributed by atoms with Crippen LogP contribution in [0.15, 0.2) is 29.3 Å². The number of aromatic amines is 1. The number of aliphatic imine (C=N–C) groups is 1. The van der Waals surface area contributed by atoms with E-state index in [-0.39, 0.29) is 0 Å². The Balaban J connectivity index is 1.77. The normalized spacial score (nSPS) is 16.1. The zero-order chi connectivity index (χ0) is 12.5. The molecule has 0 atom stereocenters. The summed E-state index contributed by atoms with van der Waals surface area (Å²) in [6.45, 7) is 4.82. The van der Waals surface area contributed by atoms with E-state index >= 15 is 0 Å². The monoisotopic (exact) mass is 242 g/mol. The number of H-pyrrole nitrogens is 1. The van der Waals surface area contributed by atoms with Gasteiger partial charge in [0.05, 0.1) is 6.54 Å². The molecule has 4 heteroatoms. The molecule has 3 rings (SSSR count). The minimum Gasteiger partial charge on any atom is -0.370 e. The predicted molar refractivity (Wildman–Crippen MR) is 74.6 cm³/mol. The number of hydrogen-bond donors (Lipinski definition) is 2. The van der Waals surface area contributed by atoms with Crippen molar-refractivity contribution in [3.8, 4) is 0 Å². The van der Waals surface area contributed by atoms with E-state index in [2.05, 4.69) is 46.1 Å². The van der Waals surface area contributed by atoms with E-state index in [0.29, 0.717) is 12.5 Å². The fourth-order valence-electron chi connectivity index (χ4n) is 2.24. The lowest BCUT2D eigenvalue weighted by Gasteiger charge is -2.31. The minimum absolute atomic E-state index is 0.655. The van der Waals surface area contributed by atoms with Crippen molar-refractivity contribution >= 4 is 16.9 Å². The quantitative estimate of drug-likeness (QED) is 0.625. The average Bonchev–Trinajstić information content (AvgIpc) is 2.63. The summed E-state index contributed by atoms with van der Waals surface area (Å²) in [5, 5.41) is 1.24. The third-order valence-electron chi connectivity index (χ3n) is 3.42. The van der Waals surface area contributed by atoms with E-state index in [1.807, 2.05) is 0 Å². The van der Waals surface area contributed by atoms with Crippen molar-refractivity contribution in [2.24, 2.45) is 10.7 Å². The molecule has 0 amide bonds. The van der Waals surface area contributed by atoms with E-state index in [0.717, 1.165) is 13.1 Å². The van der Waals surface area contributed by atoms with Gasteiger partial charge in [-0.2, -0.15) is 0 Å². The van der Waals surface area contributed by atoms with Crippen LogP contribution >= 0.6 is 0 Å². The van der Waals surface area contributed by atoms with Crippen LogP contribution in [0.1, 0.15) is 17.7 Å². The molecular weight excluding hydrogens is 224 g/mol. The summed E-state index contributed by atoms with van der Waals surface area (Å²) in [7, 11) is 0. The number of nitrogens with one attached hydrogen (secondary N) is 1. The summed E-state index contributed by atoms with van der Waals surface area (Å²) in [5.41, 5.74) is 9.48. The molecule has 1 aromatic heterocycles. The number of guanidine groups is 1. The molecule has 0 unspecified atom stereocenters. The second-order valence-corrected chi connectivity index (χ2v) is 4.89. The largest absolute Gasteiger partial charge is 0.370 e. The molecule has 1 aromatic carbocycles. The Morgan fingerprint density at radius 3 is 2.94 bits per heavy atom. The van der Waals surface area contributed by atoms with Crippen LogP contribution in [-0.4, -0.2) is 28.9 Å². The molecule has 2 aromatic rings. The Hall–Kier alpha value is -1.97. The first kappa shape index (κ1) is 11.1. The van der Waals surface area contributed by atoms with Crippen molar-refractivity contribution in [1.29, 1.82) is 0 Å². The molecule has 4 nitrogen and oxygen atoms in total. The van der Waals surface area contributed by atoms with Gasteiger partial charge in [0.15, 0.2) is 5.96 Å². The average molecular weight is 242 g/mol. The molecule has 3 N–H and O–H groups in total. The Labute approximate surface area is 107 Å². The van der Waals surface area contributed by atoms with Crippen LogP contribution in [0, 0.1) is 6.92 Å². The third kappa shape index (κ3) is 2.06. The Kier molecular flexibility index (Phi) is 2.70. The number of benzene rings is 1. The summed E-state index contributed by atoms with van der Waals surface area (Å²) in [4.78, 5) is 9.87. The van der Waals surface area contributed by atoms with Crippen molar-refractivity contribution in [1.82, 2.24) is 9.88 Å². The highest BCUT2D eigenvalue weighted by atomic mass is 15.3. The Morgan fingerprint density at radius 1 is 1.39 bits per heavy atom. The molecule has 94 valence electrons. The second-order valence-electron chi connectivity index (χ2n) is 4.89. The molecule has 1 saturated heterocycles. The number of fused-ring (bicyclic) bond motifs is 1. The van der Waals surface area contributed by atoms with Crippen molar-refractivity contribution in [3.05, 3.63) is 35.5 Å². The highest BCUT2D eigenvalue weighted by Gasteiger charge is 2.15. The topological polar surface area (TPSA) is 57.4 Å². The van der Waals surface area contributed by atoms with Gasteiger partial charge < -0.3 is 15.6 Å². The lowest BCUT2D eigenvalue weighted by molar-refractivity contribution is 0.295. The number of aryl methyl sites for hydroxylation is 1. The van der Waals surface area contributed by atoms with Gasteiger partial charge in [-0.3, -0.25) is 0 Å². The van der Waals surface area contributed by atoms with Gasteiger partial charge in [-0.15, -0.1) is 0 Å². The maximum Gasteiger partial charge on any atom is 0.191 e. The van der Waals surface area contributed by atoms with Gasteiger partial charge in [0.2, 0.25) is 0 Å². The molecule has 1 aliphatic rings. The molecule has 1 fully saturated rings. The van der Waals surface area contributed by atoms with E-state index in [1.165, 1.54) is 28.6 Å². The van der Waals surface area contributed by atoms with Gasteiger partial charge in [-0.05, 0) is 42.5 Å². The lowest BCUT2D eigenvalue weighted by Crippen LogP contribution is -2.46. The van der Waals surface area contributed by atoms with Gasteiger partial charge in [-0.25, -0.2) is 4.99 Å². The van der Waals surface area contributed by atoms with Gasteiger partial charge in [0.1, 0.15) is 0 Å². The van der Waals surface area contributed by atoms with E-state index in [4.69, 9.17) is 5.73 Å².